The van der Waals surface area contributed by atoms with Crippen LogP contribution in [0.3, 0.4) is 0 Å². The summed E-state index contributed by atoms with van der Waals surface area (Å²) in [6.07, 6.45) is 1.08. The van der Waals surface area contributed by atoms with Gasteiger partial charge in [0.15, 0.2) is 0 Å². The van der Waals surface area contributed by atoms with Crippen LogP contribution in [0.1, 0.15) is 6.92 Å². The van der Waals surface area contributed by atoms with E-state index >= 15 is 0 Å². The highest BCUT2D eigenvalue weighted by Crippen LogP contribution is 2.25. The monoisotopic (exact) mass is 348 g/mol. The fourth-order valence-corrected chi connectivity index (χ4v) is 3.54. The number of hydrogen-bond donors (Lipinski definition) is 1. The zero-order chi connectivity index (χ0) is 17.7. The molecule has 0 radical (unpaired) electrons. The first kappa shape index (κ1) is 17.8. The molecule has 0 aliphatic rings. The summed E-state index contributed by atoms with van der Waals surface area (Å²) in [6.45, 7) is 1.54. The van der Waals surface area contributed by atoms with Gasteiger partial charge in [0, 0.05) is 0 Å². The highest BCUT2D eigenvalue weighted by Gasteiger charge is 2.29. The second-order valence-electron chi connectivity index (χ2n) is 5.26. The third-order valence-electron chi connectivity index (χ3n) is 3.46. The number of sulfonamides is 1. The van der Waals surface area contributed by atoms with Gasteiger partial charge < -0.3 is 10.1 Å². The standard InChI is InChI=1S/C17H20N2O4S/c1-13(17(20)18-15-11-7-8-12-16(15)23-2)19(24(3,21)22)14-9-5-4-6-10-14/h4-13H,1-3H3,(H,18,20). The van der Waals surface area contributed by atoms with Gasteiger partial charge in [-0.1, -0.05) is 30.3 Å². The van der Waals surface area contributed by atoms with Crippen LogP contribution in [0.2, 0.25) is 0 Å². The van der Waals surface area contributed by atoms with Crippen molar-refractivity contribution in [2.24, 2.45) is 0 Å². The van der Waals surface area contributed by atoms with Crippen LogP contribution in [0.25, 0.3) is 0 Å². The number of carbonyl (C=O) groups excluding carboxylic acids is 1. The number of anilines is 2. The summed E-state index contributed by atoms with van der Waals surface area (Å²) in [7, 11) is -2.13. The molecule has 0 saturated carbocycles. The molecule has 24 heavy (non-hydrogen) atoms. The molecule has 0 bridgehead atoms. The lowest BCUT2D eigenvalue weighted by Gasteiger charge is -2.28. The summed E-state index contributed by atoms with van der Waals surface area (Å²) < 4.78 is 30.6. The van der Waals surface area contributed by atoms with E-state index in [1.165, 1.54) is 7.11 Å². The van der Waals surface area contributed by atoms with E-state index in [9.17, 15) is 13.2 Å². The lowest BCUT2D eigenvalue weighted by Crippen LogP contribution is -2.45. The zero-order valence-corrected chi connectivity index (χ0v) is 14.6. The first-order valence-electron chi connectivity index (χ1n) is 7.33. The van der Waals surface area contributed by atoms with Gasteiger partial charge in [-0.15, -0.1) is 0 Å². The Morgan fingerprint density at radius 1 is 1.08 bits per heavy atom. The van der Waals surface area contributed by atoms with Crippen LogP contribution in [0, 0.1) is 0 Å². The molecule has 6 nitrogen and oxygen atoms in total. The highest BCUT2D eigenvalue weighted by atomic mass is 32.2. The lowest BCUT2D eigenvalue weighted by atomic mass is 10.2. The second kappa shape index (κ2) is 7.35. The molecule has 1 amide bonds. The number of benzene rings is 2. The van der Waals surface area contributed by atoms with Gasteiger partial charge in [-0.3, -0.25) is 9.10 Å². The van der Waals surface area contributed by atoms with Crippen molar-refractivity contribution in [2.75, 3.05) is 23.0 Å². The Kier molecular flexibility index (Phi) is 5.46. The molecule has 2 aromatic carbocycles. The van der Waals surface area contributed by atoms with Gasteiger partial charge in [-0.2, -0.15) is 0 Å². The molecular weight excluding hydrogens is 328 g/mol. The molecule has 1 atom stereocenters. The Morgan fingerprint density at radius 2 is 1.67 bits per heavy atom. The first-order chi connectivity index (χ1) is 11.3. The van der Waals surface area contributed by atoms with Crippen molar-refractivity contribution in [1.29, 1.82) is 0 Å². The number of hydrogen-bond acceptors (Lipinski definition) is 4. The summed E-state index contributed by atoms with van der Waals surface area (Å²) >= 11 is 0. The van der Waals surface area contributed by atoms with Gasteiger partial charge in [0.25, 0.3) is 0 Å². The van der Waals surface area contributed by atoms with Crippen LogP contribution in [0.4, 0.5) is 11.4 Å². The number of amides is 1. The zero-order valence-electron chi connectivity index (χ0n) is 13.8. The normalized spacial score (nSPS) is 12.3. The molecule has 0 heterocycles. The first-order valence-corrected chi connectivity index (χ1v) is 9.17. The Bertz CT molecular complexity index is 806. The Hall–Kier alpha value is -2.54. The van der Waals surface area contributed by atoms with E-state index in [0.29, 0.717) is 17.1 Å². The van der Waals surface area contributed by atoms with Gasteiger partial charge in [0.2, 0.25) is 15.9 Å². The molecule has 0 aliphatic heterocycles. The minimum atomic E-state index is -3.63. The Balaban J connectivity index is 2.30. The molecule has 0 saturated heterocycles. The Labute approximate surface area is 142 Å². The lowest BCUT2D eigenvalue weighted by molar-refractivity contribution is -0.116. The quantitative estimate of drug-likeness (QED) is 0.870. The molecule has 0 aromatic heterocycles. The van der Waals surface area contributed by atoms with Crippen LogP contribution in [-0.2, 0) is 14.8 Å². The van der Waals surface area contributed by atoms with E-state index in [4.69, 9.17) is 4.74 Å². The van der Waals surface area contributed by atoms with Crippen LogP contribution in [-0.4, -0.2) is 33.7 Å². The summed E-state index contributed by atoms with van der Waals surface area (Å²) in [4.78, 5) is 12.6. The number of carbonyl (C=O) groups is 1. The van der Waals surface area contributed by atoms with E-state index in [1.807, 2.05) is 0 Å². The third kappa shape index (κ3) is 4.05. The number of rotatable bonds is 6. The van der Waals surface area contributed by atoms with E-state index in [-0.39, 0.29) is 0 Å². The van der Waals surface area contributed by atoms with Gasteiger partial charge >= 0.3 is 0 Å². The van der Waals surface area contributed by atoms with Crippen molar-refractivity contribution in [3.8, 4) is 5.75 Å². The van der Waals surface area contributed by atoms with E-state index in [2.05, 4.69) is 5.32 Å². The Morgan fingerprint density at radius 3 is 2.25 bits per heavy atom. The second-order valence-corrected chi connectivity index (χ2v) is 7.12. The molecule has 2 aromatic rings. The van der Waals surface area contributed by atoms with Crippen LogP contribution < -0.4 is 14.4 Å². The third-order valence-corrected chi connectivity index (χ3v) is 4.71. The van der Waals surface area contributed by atoms with E-state index in [1.54, 1.807) is 61.5 Å². The molecular formula is C17H20N2O4S. The number of para-hydroxylation sites is 3. The van der Waals surface area contributed by atoms with E-state index in [0.717, 1.165) is 10.6 Å². The average Bonchev–Trinajstić information content (AvgIpc) is 2.55. The minimum absolute atomic E-state index is 0.433. The SMILES string of the molecule is COc1ccccc1NC(=O)C(C)N(c1ccccc1)S(C)(=O)=O. The maximum absolute atomic E-state index is 12.6. The van der Waals surface area contributed by atoms with Crippen molar-refractivity contribution >= 4 is 27.3 Å². The summed E-state index contributed by atoms with van der Waals surface area (Å²) in [5.74, 6) is 0.0532. The largest absolute Gasteiger partial charge is 0.495 e. The number of nitrogens with one attached hydrogen (secondary N) is 1. The topological polar surface area (TPSA) is 75.7 Å². The van der Waals surface area contributed by atoms with Crippen LogP contribution in [0.15, 0.2) is 54.6 Å². The molecule has 1 unspecified atom stereocenters. The number of methoxy groups -OCH3 is 1. The molecule has 0 spiro atoms. The average molecular weight is 348 g/mol. The maximum Gasteiger partial charge on any atom is 0.248 e. The molecule has 2 rings (SSSR count). The molecule has 0 fully saturated rings. The minimum Gasteiger partial charge on any atom is -0.495 e. The van der Waals surface area contributed by atoms with Crippen molar-refractivity contribution in [3.05, 3.63) is 54.6 Å². The van der Waals surface area contributed by atoms with Crippen molar-refractivity contribution in [1.82, 2.24) is 0 Å². The predicted octanol–water partition coefficient (Wildman–Crippen LogP) is 2.49. The summed E-state index contributed by atoms with van der Waals surface area (Å²) in [5.41, 5.74) is 0.918. The summed E-state index contributed by atoms with van der Waals surface area (Å²) in [6, 6.07) is 14.5. The fraction of sp³-hybridized carbons (Fsp3) is 0.235. The summed E-state index contributed by atoms with van der Waals surface area (Å²) in [5, 5.41) is 2.71. The van der Waals surface area contributed by atoms with Gasteiger partial charge in [-0.05, 0) is 31.2 Å². The van der Waals surface area contributed by atoms with Gasteiger partial charge in [-0.25, -0.2) is 8.42 Å². The maximum atomic E-state index is 12.6. The van der Waals surface area contributed by atoms with Crippen LogP contribution in [0.5, 0.6) is 5.75 Å². The molecule has 7 heteroatoms. The van der Waals surface area contributed by atoms with Crippen molar-refractivity contribution < 1.29 is 17.9 Å². The molecule has 128 valence electrons. The molecule has 0 aliphatic carbocycles. The predicted molar refractivity (Wildman–Crippen MR) is 94.9 cm³/mol. The smallest absolute Gasteiger partial charge is 0.248 e. The highest BCUT2D eigenvalue weighted by molar-refractivity contribution is 7.92. The van der Waals surface area contributed by atoms with E-state index < -0.39 is 22.0 Å². The van der Waals surface area contributed by atoms with Gasteiger partial charge in [0.05, 0.1) is 24.7 Å². The van der Waals surface area contributed by atoms with Crippen molar-refractivity contribution in [3.63, 3.8) is 0 Å². The number of ether oxygens (including phenoxy) is 1. The van der Waals surface area contributed by atoms with Crippen molar-refractivity contribution in [2.45, 2.75) is 13.0 Å². The number of nitrogens with zero attached hydrogens (tertiary/aromatic N) is 1. The van der Waals surface area contributed by atoms with Gasteiger partial charge in [0.1, 0.15) is 11.8 Å². The van der Waals surface area contributed by atoms with Crippen LogP contribution >= 0.6 is 0 Å². The molecule has 1 N–H and O–H groups in total. The fourth-order valence-electron chi connectivity index (χ4n) is 2.37.